The molecule has 3 aliphatic rings. The molecule has 5 atom stereocenters. The average molecular weight is 366 g/mol. The molecule has 0 aromatic heterocycles. The van der Waals surface area contributed by atoms with Crippen LogP contribution in [0.3, 0.4) is 0 Å². The molecule has 2 saturated heterocycles. The smallest absolute Gasteiger partial charge is 0.223 e. The molecule has 2 aliphatic heterocycles. The normalized spacial score (nSPS) is 35.9. The lowest BCUT2D eigenvalue weighted by atomic mass is 9.91. The third kappa shape index (κ3) is 3.63. The minimum atomic E-state index is -1.04. The van der Waals surface area contributed by atoms with Crippen molar-refractivity contribution in [2.24, 2.45) is 11.8 Å². The summed E-state index contributed by atoms with van der Waals surface area (Å²) >= 11 is 0. The van der Waals surface area contributed by atoms with Gasteiger partial charge in [-0.1, -0.05) is 6.08 Å². The number of rotatable bonds is 5. The SMILES string of the molecule is OC1C[C@@H]2[C@@H](/C=C/C3(COc4ccc(F)cc4)OCCO3)[C@H](O)C[C@@H]2O1. The molecule has 0 bridgehead atoms. The first-order valence-corrected chi connectivity index (χ1v) is 8.92. The highest BCUT2D eigenvalue weighted by atomic mass is 19.1. The van der Waals surface area contributed by atoms with Gasteiger partial charge >= 0.3 is 0 Å². The van der Waals surface area contributed by atoms with E-state index >= 15 is 0 Å². The van der Waals surface area contributed by atoms with Crippen LogP contribution in [0.1, 0.15) is 12.8 Å². The molecule has 6 nitrogen and oxygen atoms in total. The van der Waals surface area contributed by atoms with Crippen LogP contribution in [0.25, 0.3) is 0 Å². The second-order valence-electron chi connectivity index (χ2n) is 7.02. The summed E-state index contributed by atoms with van der Waals surface area (Å²) in [5, 5.41) is 20.0. The monoisotopic (exact) mass is 366 g/mol. The topological polar surface area (TPSA) is 77.4 Å². The van der Waals surface area contributed by atoms with Gasteiger partial charge in [-0.3, -0.25) is 0 Å². The van der Waals surface area contributed by atoms with Crippen molar-refractivity contribution in [3.05, 3.63) is 42.2 Å². The van der Waals surface area contributed by atoms with Gasteiger partial charge in [0.2, 0.25) is 5.79 Å². The third-order valence-corrected chi connectivity index (χ3v) is 5.30. The Hall–Kier alpha value is -1.51. The predicted octanol–water partition coefficient (Wildman–Crippen LogP) is 1.61. The number of ether oxygens (including phenoxy) is 4. The molecular weight excluding hydrogens is 343 g/mol. The van der Waals surface area contributed by atoms with Crippen LogP contribution in [-0.4, -0.2) is 54.3 Å². The molecule has 142 valence electrons. The van der Waals surface area contributed by atoms with E-state index in [1.54, 1.807) is 18.2 Å². The van der Waals surface area contributed by atoms with Gasteiger partial charge in [0.1, 0.15) is 18.2 Å². The van der Waals surface area contributed by atoms with E-state index in [0.29, 0.717) is 31.8 Å². The zero-order chi connectivity index (χ0) is 18.1. The molecule has 1 aromatic rings. The van der Waals surface area contributed by atoms with Crippen LogP contribution in [0.5, 0.6) is 5.75 Å². The van der Waals surface area contributed by atoms with Gasteiger partial charge in [0, 0.05) is 18.8 Å². The highest BCUT2D eigenvalue weighted by Crippen LogP contribution is 2.43. The third-order valence-electron chi connectivity index (χ3n) is 5.30. The minimum absolute atomic E-state index is 0.0766. The van der Waals surface area contributed by atoms with Gasteiger partial charge in [-0.25, -0.2) is 4.39 Å². The van der Waals surface area contributed by atoms with Crippen LogP contribution < -0.4 is 4.74 Å². The molecule has 2 N–H and O–H groups in total. The molecule has 3 fully saturated rings. The molecule has 0 spiro atoms. The highest BCUT2D eigenvalue weighted by molar-refractivity contribution is 5.22. The lowest BCUT2D eigenvalue weighted by Gasteiger charge is -2.25. The van der Waals surface area contributed by atoms with Crippen molar-refractivity contribution in [3.63, 3.8) is 0 Å². The average Bonchev–Trinajstić information content (AvgIpc) is 3.28. The van der Waals surface area contributed by atoms with E-state index in [4.69, 9.17) is 18.9 Å². The summed E-state index contributed by atoms with van der Waals surface area (Å²) in [7, 11) is 0. The number of hydrogen-bond donors (Lipinski definition) is 2. The second kappa shape index (κ2) is 7.25. The Morgan fingerprint density at radius 2 is 1.88 bits per heavy atom. The molecule has 0 amide bonds. The molecule has 2 heterocycles. The molecule has 1 unspecified atom stereocenters. The lowest BCUT2D eigenvalue weighted by Crippen LogP contribution is -2.35. The number of fused-ring (bicyclic) bond motifs is 1. The van der Waals surface area contributed by atoms with E-state index in [0.717, 1.165) is 0 Å². The van der Waals surface area contributed by atoms with Gasteiger partial charge in [0.25, 0.3) is 0 Å². The maximum absolute atomic E-state index is 13.0. The van der Waals surface area contributed by atoms with Crippen molar-refractivity contribution in [1.82, 2.24) is 0 Å². The first-order chi connectivity index (χ1) is 12.5. The second-order valence-corrected chi connectivity index (χ2v) is 7.02. The van der Waals surface area contributed by atoms with Crippen molar-refractivity contribution < 1.29 is 33.6 Å². The van der Waals surface area contributed by atoms with E-state index in [9.17, 15) is 14.6 Å². The van der Waals surface area contributed by atoms with E-state index in [-0.39, 0.29) is 30.4 Å². The van der Waals surface area contributed by atoms with Gasteiger partial charge in [-0.2, -0.15) is 0 Å². The summed E-state index contributed by atoms with van der Waals surface area (Å²) in [5.74, 6) is -0.900. The standard InChI is InChI=1S/C19H23FO6/c20-12-1-3-13(4-2-12)23-11-19(24-7-8-25-19)6-5-14-15-9-18(22)26-17(15)10-16(14)21/h1-6,14-18,21-22H,7-11H2/b6-5+/t14-,15-,16-,17+,18?/m1/s1. The minimum Gasteiger partial charge on any atom is -0.488 e. The van der Waals surface area contributed by atoms with Gasteiger partial charge in [0.15, 0.2) is 6.29 Å². The predicted molar refractivity (Wildman–Crippen MR) is 88.8 cm³/mol. The number of aliphatic hydroxyl groups excluding tert-OH is 2. The van der Waals surface area contributed by atoms with Crippen LogP contribution in [0, 0.1) is 17.7 Å². The van der Waals surface area contributed by atoms with Crippen LogP contribution in [0.15, 0.2) is 36.4 Å². The first-order valence-electron chi connectivity index (χ1n) is 8.92. The number of halogens is 1. The lowest BCUT2D eigenvalue weighted by molar-refractivity contribution is -0.139. The molecule has 1 saturated carbocycles. The molecule has 4 rings (SSSR count). The van der Waals surface area contributed by atoms with Crippen molar-refractivity contribution in [2.45, 2.75) is 37.1 Å². The van der Waals surface area contributed by atoms with Gasteiger partial charge in [0.05, 0.1) is 25.4 Å². The maximum Gasteiger partial charge on any atom is 0.223 e. The molecule has 26 heavy (non-hydrogen) atoms. The zero-order valence-electron chi connectivity index (χ0n) is 14.3. The summed E-state index contributed by atoms with van der Waals surface area (Å²) in [5.41, 5.74) is 0. The van der Waals surface area contributed by atoms with Crippen LogP contribution in [0.2, 0.25) is 0 Å². The van der Waals surface area contributed by atoms with Crippen LogP contribution in [0.4, 0.5) is 4.39 Å². The Labute approximate surface area is 151 Å². The highest BCUT2D eigenvalue weighted by Gasteiger charge is 2.48. The van der Waals surface area contributed by atoms with E-state index in [1.165, 1.54) is 12.1 Å². The Morgan fingerprint density at radius 1 is 1.15 bits per heavy atom. The number of hydrogen-bond acceptors (Lipinski definition) is 6. The van der Waals surface area contributed by atoms with E-state index in [1.807, 2.05) is 6.08 Å². The fourth-order valence-corrected chi connectivity index (χ4v) is 4.00. The van der Waals surface area contributed by atoms with Gasteiger partial charge in [-0.05, 0) is 36.3 Å². The Bertz CT molecular complexity index is 642. The van der Waals surface area contributed by atoms with E-state index < -0.39 is 18.2 Å². The van der Waals surface area contributed by atoms with Crippen molar-refractivity contribution in [3.8, 4) is 5.75 Å². The van der Waals surface area contributed by atoms with Crippen molar-refractivity contribution >= 4 is 0 Å². The zero-order valence-corrected chi connectivity index (χ0v) is 14.3. The summed E-state index contributed by atoms with van der Waals surface area (Å²) in [6.45, 7) is 1.00. The van der Waals surface area contributed by atoms with Gasteiger partial charge in [-0.15, -0.1) is 0 Å². The Kier molecular flexibility index (Phi) is 4.98. The van der Waals surface area contributed by atoms with Gasteiger partial charge < -0.3 is 29.2 Å². The summed E-state index contributed by atoms with van der Waals surface area (Å²) in [4.78, 5) is 0. The summed E-state index contributed by atoms with van der Waals surface area (Å²) in [6, 6.07) is 5.75. The molecule has 1 aromatic carbocycles. The molecule has 1 aliphatic carbocycles. The fraction of sp³-hybridized carbons (Fsp3) is 0.579. The number of benzene rings is 1. The fourth-order valence-electron chi connectivity index (χ4n) is 4.00. The van der Waals surface area contributed by atoms with Crippen molar-refractivity contribution in [1.29, 1.82) is 0 Å². The molecule has 7 heteroatoms. The van der Waals surface area contributed by atoms with Crippen molar-refractivity contribution in [2.75, 3.05) is 19.8 Å². The number of aliphatic hydroxyl groups is 2. The quantitative estimate of drug-likeness (QED) is 0.771. The summed E-state index contributed by atoms with van der Waals surface area (Å²) in [6.07, 6.45) is 3.29. The largest absolute Gasteiger partial charge is 0.488 e. The Morgan fingerprint density at radius 3 is 2.62 bits per heavy atom. The van der Waals surface area contributed by atoms with Crippen LogP contribution >= 0.6 is 0 Å². The maximum atomic E-state index is 13.0. The summed E-state index contributed by atoms with van der Waals surface area (Å²) < 4.78 is 35.6. The molecular formula is C19H23FO6. The first kappa shape index (κ1) is 17.9. The molecule has 0 radical (unpaired) electrons. The van der Waals surface area contributed by atoms with E-state index in [2.05, 4.69) is 0 Å². The Balaban J connectivity index is 1.44. The van der Waals surface area contributed by atoms with Crippen LogP contribution in [-0.2, 0) is 14.2 Å².